The van der Waals surface area contributed by atoms with Gasteiger partial charge in [-0.15, -0.1) is 0 Å². The molecule has 0 bridgehead atoms. The predicted molar refractivity (Wildman–Crippen MR) is 163 cm³/mol. The molecule has 0 aliphatic heterocycles. The molecule has 186 valence electrons. The third-order valence-corrected chi connectivity index (χ3v) is 8.40. The van der Waals surface area contributed by atoms with Crippen molar-refractivity contribution in [2.24, 2.45) is 0 Å². The summed E-state index contributed by atoms with van der Waals surface area (Å²) < 4.78 is 6.34. The van der Waals surface area contributed by atoms with Crippen molar-refractivity contribution in [1.82, 2.24) is 0 Å². The second-order valence-corrected chi connectivity index (χ2v) is 11.0. The minimum absolute atomic E-state index is 0.118. The van der Waals surface area contributed by atoms with Crippen molar-refractivity contribution in [3.63, 3.8) is 0 Å². The Bertz CT molecular complexity index is 2050. The topological polar surface area (TPSA) is 16.4 Å². The molecular weight excluding hydrogens is 474 g/mol. The Balaban J connectivity index is 1.48. The summed E-state index contributed by atoms with van der Waals surface area (Å²) in [4.78, 5) is 2.40. The zero-order chi connectivity index (χ0) is 26.1. The van der Waals surface area contributed by atoms with Gasteiger partial charge in [0.05, 0.1) is 5.69 Å². The number of rotatable bonds is 3. The summed E-state index contributed by atoms with van der Waals surface area (Å²) in [6.07, 6.45) is 0. The van der Waals surface area contributed by atoms with Gasteiger partial charge in [0.15, 0.2) is 0 Å². The first-order chi connectivity index (χ1) is 19.1. The van der Waals surface area contributed by atoms with Crippen LogP contribution in [-0.4, -0.2) is 0 Å². The van der Waals surface area contributed by atoms with Crippen molar-refractivity contribution >= 4 is 49.8 Å². The van der Waals surface area contributed by atoms with Crippen LogP contribution in [0.5, 0.6) is 0 Å². The zero-order valence-corrected chi connectivity index (χ0v) is 22.0. The molecule has 0 saturated heterocycles. The molecule has 0 spiro atoms. The van der Waals surface area contributed by atoms with Gasteiger partial charge in [0, 0.05) is 39.2 Å². The highest BCUT2D eigenvalue weighted by Gasteiger charge is 2.39. The van der Waals surface area contributed by atoms with Gasteiger partial charge in [0.2, 0.25) is 0 Å². The van der Waals surface area contributed by atoms with Gasteiger partial charge in [-0.2, -0.15) is 0 Å². The average Bonchev–Trinajstić information content (AvgIpc) is 3.46. The molecule has 1 aliphatic rings. The number of furan rings is 1. The molecule has 39 heavy (non-hydrogen) atoms. The van der Waals surface area contributed by atoms with Gasteiger partial charge < -0.3 is 9.32 Å². The molecule has 0 radical (unpaired) electrons. The SMILES string of the molecule is CC1(C)c2ccccc2-c2c(N(c3ccccc3)c3ccc4c(c3)oc3ccccc34)cc3ccccc3c21. The summed E-state index contributed by atoms with van der Waals surface area (Å²) >= 11 is 0. The molecule has 7 aromatic rings. The van der Waals surface area contributed by atoms with E-state index in [4.69, 9.17) is 4.42 Å². The van der Waals surface area contributed by atoms with E-state index in [1.807, 2.05) is 12.1 Å². The van der Waals surface area contributed by atoms with E-state index < -0.39 is 0 Å². The molecule has 2 nitrogen and oxygen atoms in total. The molecule has 6 aromatic carbocycles. The summed E-state index contributed by atoms with van der Waals surface area (Å²) in [7, 11) is 0. The fourth-order valence-electron chi connectivity index (χ4n) is 6.67. The van der Waals surface area contributed by atoms with Crippen LogP contribution in [0.1, 0.15) is 25.0 Å². The normalized spacial score (nSPS) is 13.6. The smallest absolute Gasteiger partial charge is 0.137 e. The number of anilines is 3. The van der Waals surface area contributed by atoms with E-state index in [1.165, 1.54) is 38.7 Å². The van der Waals surface area contributed by atoms with Gasteiger partial charge in [-0.05, 0) is 63.9 Å². The second-order valence-electron chi connectivity index (χ2n) is 11.0. The Kier molecular flexibility index (Phi) is 4.60. The number of hydrogen-bond donors (Lipinski definition) is 0. The van der Waals surface area contributed by atoms with Crippen LogP contribution in [0.4, 0.5) is 17.1 Å². The lowest BCUT2D eigenvalue weighted by atomic mass is 9.80. The summed E-state index contributed by atoms with van der Waals surface area (Å²) in [5.41, 5.74) is 10.5. The van der Waals surface area contributed by atoms with Crippen LogP contribution < -0.4 is 4.90 Å². The van der Waals surface area contributed by atoms with E-state index in [9.17, 15) is 0 Å². The highest BCUT2D eigenvalue weighted by molar-refractivity contribution is 6.08. The third-order valence-electron chi connectivity index (χ3n) is 8.40. The van der Waals surface area contributed by atoms with Crippen LogP contribution in [0.25, 0.3) is 43.8 Å². The number of fused-ring (bicyclic) bond motifs is 8. The number of nitrogens with zero attached hydrogens (tertiary/aromatic N) is 1. The summed E-state index contributed by atoms with van der Waals surface area (Å²) in [6, 6.07) is 45.7. The third kappa shape index (κ3) is 3.15. The van der Waals surface area contributed by atoms with Crippen molar-refractivity contribution in [3.05, 3.63) is 139 Å². The van der Waals surface area contributed by atoms with Crippen molar-refractivity contribution in [2.75, 3.05) is 4.90 Å². The molecule has 0 saturated carbocycles. The molecule has 0 N–H and O–H groups in total. The molecule has 8 rings (SSSR count). The van der Waals surface area contributed by atoms with Gasteiger partial charge in [-0.3, -0.25) is 0 Å². The van der Waals surface area contributed by atoms with Gasteiger partial charge in [-0.1, -0.05) is 98.8 Å². The first-order valence-electron chi connectivity index (χ1n) is 13.5. The van der Waals surface area contributed by atoms with Crippen molar-refractivity contribution in [2.45, 2.75) is 19.3 Å². The quantitative estimate of drug-likeness (QED) is 0.239. The van der Waals surface area contributed by atoms with Crippen LogP contribution in [0.3, 0.4) is 0 Å². The summed E-state index contributed by atoms with van der Waals surface area (Å²) in [5, 5.41) is 4.85. The fraction of sp³-hybridized carbons (Fsp3) is 0.0811. The fourth-order valence-corrected chi connectivity index (χ4v) is 6.67. The molecule has 2 heteroatoms. The van der Waals surface area contributed by atoms with E-state index in [0.29, 0.717) is 0 Å². The maximum absolute atomic E-state index is 6.34. The monoisotopic (exact) mass is 501 g/mol. The Morgan fingerprint density at radius 3 is 2.13 bits per heavy atom. The second kappa shape index (κ2) is 8.09. The Hall–Kier alpha value is -4.82. The van der Waals surface area contributed by atoms with E-state index in [0.717, 1.165) is 33.3 Å². The van der Waals surface area contributed by atoms with Crippen LogP contribution in [-0.2, 0) is 5.41 Å². The molecule has 1 aliphatic carbocycles. The van der Waals surface area contributed by atoms with Gasteiger partial charge in [0.25, 0.3) is 0 Å². The maximum Gasteiger partial charge on any atom is 0.137 e. The van der Waals surface area contributed by atoms with E-state index in [1.54, 1.807) is 0 Å². The molecule has 1 aromatic heterocycles. The van der Waals surface area contributed by atoms with Crippen LogP contribution in [0.15, 0.2) is 132 Å². The molecule has 0 amide bonds. The van der Waals surface area contributed by atoms with Crippen molar-refractivity contribution < 1.29 is 4.42 Å². The van der Waals surface area contributed by atoms with Crippen molar-refractivity contribution in [3.8, 4) is 11.1 Å². The van der Waals surface area contributed by atoms with E-state index in [2.05, 4.69) is 134 Å². The Morgan fingerprint density at radius 1 is 0.564 bits per heavy atom. The van der Waals surface area contributed by atoms with Crippen LogP contribution in [0.2, 0.25) is 0 Å². The number of para-hydroxylation sites is 2. The average molecular weight is 502 g/mol. The summed E-state index contributed by atoms with van der Waals surface area (Å²) in [6.45, 7) is 4.72. The Morgan fingerprint density at radius 2 is 1.26 bits per heavy atom. The highest BCUT2D eigenvalue weighted by Crippen LogP contribution is 2.56. The minimum atomic E-state index is -0.118. The number of hydrogen-bond acceptors (Lipinski definition) is 2. The molecule has 0 fully saturated rings. The predicted octanol–water partition coefficient (Wildman–Crippen LogP) is 10.5. The molecule has 1 heterocycles. The molecule has 0 atom stereocenters. The number of benzene rings is 6. The van der Waals surface area contributed by atoms with Gasteiger partial charge in [-0.25, -0.2) is 0 Å². The minimum Gasteiger partial charge on any atom is -0.456 e. The molecular formula is C37H27NO. The largest absolute Gasteiger partial charge is 0.456 e. The van der Waals surface area contributed by atoms with Crippen LogP contribution in [0, 0.1) is 0 Å². The van der Waals surface area contributed by atoms with E-state index in [-0.39, 0.29) is 5.41 Å². The Labute approximate surface area is 227 Å². The first-order valence-corrected chi connectivity index (χ1v) is 13.5. The van der Waals surface area contributed by atoms with Gasteiger partial charge in [0.1, 0.15) is 11.2 Å². The lowest BCUT2D eigenvalue weighted by Gasteiger charge is -2.30. The van der Waals surface area contributed by atoms with Gasteiger partial charge >= 0.3 is 0 Å². The maximum atomic E-state index is 6.34. The van der Waals surface area contributed by atoms with Crippen molar-refractivity contribution in [1.29, 1.82) is 0 Å². The standard InChI is InChI=1S/C37H27NO/c1-37(2)31-18-10-8-17-30(31)35-32(22-24-12-6-7-15-27(24)36(35)37)38(25-13-4-3-5-14-25)26-20-21-29-28-16-9-11-19-33(28)39-34(29)23-26/h3-23H,1-2H3. The first kappa shape index (κ1) is 22.2. The van der Waals surface area contributed by atoms with E-state index >= 15 is 0 Å². The lowest BCUT2D eigenvalue weighted by molar-refractivity contribution is 0.666. The summed E-state index contributed by atoms with van der Waals surface area (Å²) in [5.74, 6) is 0. The lowest BCUT2D eigenvalue weighted by Crippen LogP contribution is -2.16. The highest BCUT2D eigenvalue weighted by atomic mass is 16.3. The van der Waals surface area contributed by atoms with Crippen LogP contribution >= 0.6 is 0 Å². The zero-order valence-electron chi connectivity index (χ0n) is 22.0. The molecule has 0 unspecified atom stereocenters.